The van der Waals surface area contributed by atoms with Crippen molar-refractivity contribution in [2.45, 2.75) is 114 Å². The van der Waals surface area contributed by atoms with Gasteiger partial charge >= 0.3 is 0 Å². The van der Waals surface area contributed by atoms with Gasteiger partial charge in [-0.3, -0.25) is 4.78 Å². The van der Waals surface area contributed by atoms with Crippen LogP contribution in [0, 0.1) is 22.0 Å². The number of ether oxygens (including phenoxy) is 2. The van der Waals surface area contributed by atoms with Gasteiger partial charge in [0.1, 0.15) is 17.2 Å². The first-order valence-electron chi connectivity index (χ1n) is 20.5. The first kappa shape index (κ1) is 36.1. The Balaban J connectivity index is 0.813. The summed E-state index contributed by atoms with van der Waals surface area (Å²) in [5.74, 6) is 4.25. The topological polar surface area (TPSA) is 137 Å². The van der Waals surface area contributed by atoms with Gasteiger partial charge in [0.15, 0.2) is 5.82 Å². The highest BCUT2D eigenvalue weighted by Gasteiger charge is 2.56. The maximum Gasteiger partial charge on any atom is 0.162 e. The summed E-state index contributed by atoms with van der Waals surface area (Å²) in [6.45, 7) is 7.40. The molecule has 11 heteroatoms. The highest BCUT2D eigenvalue weighted by atomic mass is 32.2. The van der Waals surface area contributed by atoms with Gasteiger partial charge in [-0.05, 0) is 130 Å². The molecule has 3 N–H and O–H groups in total. The molecule has 1 aliphatic heterocycles. The summed E-state index contributed by atoms with van der Waals surface area (Å²) >= 11 is 0. The monoisotopic (exact) mass is 752 g/mol. The average molecular weight is 753 g/mol. The minimum Gasteiger partial charge on any atom is -0.508 e. The fourth-order valence-corrected chi connectivity index (χ4v) is 13.2. The van der Waals surface area contributed by atoms with Gasteiger partial charge in [0, 0.05) is 48.3 Å². The molecular formula is C43H56N6O4S. The Morgan fingerprint density at radius 1 is 1.06 bits per heavy atom. The third-order valence-electron chi connectivity index (χ3n) is 14.1. The molecule has 10 nitrogen and oxygen atoms in total. The quantitative estimate of drug-likeness (QED) is 0.123. The zero-order valence-electron chi connectivity index (χ0n) is 31.9. The van der Waals surface area contributed by atoms with Crippen LogP contribution in [0.2, 0.25) is 0 Å². The van der Waals surface area contributed by atoms with Crippen molar-refractivity contribution in [2.75, 3.05) is 37.0 Å². The van der Waals surface area contributed by atoms with E-state index in [1.807, 2.05) is 36.5 Å². The van der Waals surface area contributed by atoms with E-state index in [2.05, 4.69) is 34.8 Å². The molecule has 0 amide bonds. The molecule has 0 spiro atoms. The van der Waals surface area contributed by atoms with E-state index in [4.69, 9.17) is 19.4 Å². The van der Waals surface area contributed by atoms with Crippen LogP contribution in [-0.4, -0.2) is 73.5 Å². The molecule has 54 heavy (non-hydrogen) atoms. The molecule has 4 aromatic rings. The van der Waals surface area contributed by atoms with Gasteiger partial charge in [-0.1, -0.05) is 25.8 Å². The second-order valence-corrected chi connectivity index (χ2v) is 19.8. The molecule has 1 saturated heterocycles. The molecule has 4 aliphatic carbocycles. The molecule has 288 valence electrons. The maximum atomic E-state index is 14.4. The molecule has 1 unspecified atom stereocenters. The van der Waals surface area contributed by atoms with Crippen LogP contribution in [0.15, 0.2) is 48.8 Å². The van der Waals surface area contributed by atoms with Crippen molar-refractivity contribution in [2.24, 2.45) is 17.3 Å². The lowest BCUT2D eigenvalue weighted by molar-refractivity contribution is -0.0646. The molecule has 5 aliphatic rings. The summed E-state index contributed by atoms with van der Waals surface area (Å²) < 4.78 is 35.4. The number of phenolic OH excluding ortho intramolecular Hbond substituents is 1. The Labute approximate surface area is 319 Å². The lowest BCUT2D eigenvalue weighted by Gasteiger charge is -2.50. The summed E-state index contributed by atoms with van der Waals surface area (Å²) in [4.78, 5) is 20.1. The summed E-state index contributed by atoms with van der Waals surface area (Å²) in [6, 6.07) is 12.2. The van der Waals surface area contributed by atoms with Crippen molar-refractivity contribution in [3.05, 3.63) is 65.6 Å². The molecule has 0 radical (unpaired) electrons. The SMILES string of the molecule is C[C@@H]1COCCN1c1cc(C2(S(=N)(=O)CCCCCCO[C@H]3CC[C@H]4[C@@H]5CCc6cc(O)ccc6[C@H]5CC[C@]34C)CC2)nc(-c2ccnc3[nH]ccc23)n1. The van der Waals surface area contributed by atoms with Gasteiger partial charge in [-0.25, -0.2) is 19.2 Å². The lowest BCUT2D eigenvalue weighted by atomic mass is 9.55. The van der Waals surface area contributed by atoms with E-state index >= 15 is 0 Å². The van der Waals surface area contributed by atoms with Crippen molar-refractivity contribution in [1.82, 2.24) is 19.9 Å². The highest BCUT2D eigenvalue weighted by Crippen LogP contribution is 2.61. The first-order chi connectivity index (χ1) is 26.2. The van der Waals surface area contributed by atoms with Gasteiger partial charge in [0.05, 0.1) is 45.5 Å². The first-order valence-corrected chi connectivity index (χ1v) is 22.3. The Morgan fingerprint density at radius 3 is 2.78 bits per heavy atom. The van der Waals surface area contributed by atoms with Crippen molar-refractivity contribution >= 4 is 26.6 Å². The number of phenols is 1. The molecule has 4 heterocycles. The lowest BCUT2D eigenvalue weighted by Crippen LogP contribution is -2.44. The number of H-pyrrole nitrogens is 1. The second kappa shape index (κ2) is 14.2. The normalized spacial score (nSPS) is 29.7. The predicted octanol–water partition coefficient (Wildman–Crippen LogP) is 8.49. The van der Waals surface area contributed by atoms with E-state index in [-0.39, 0.29) is 11.5 Å². The van der Waals surface area contributed by atoms with Crippen LogP contribution in [0.4, 0.5) is 5.82 Å². The minimum atomic E-state index is -2.95. The Hall–Kier alpha value is -3.54. The second-order valence-electron chi connectivity index (χ2n) is 17.2. The number of nitrogens with zero attached hydrogens (tertiary/aromatic N) is 4. The maximum absolute atomic E-state index is 14.4. The predicted molar refractivity (Wildman–Crippen MR) is 212 cm³/mol. The van der Waals surface area contributed by atoms with Gasteiger partial charge in [0.25, 0.3) is 0 Å². The third kappa shape index (κ3) is 6.32. The molecular weight excluding hydrogens is 697 g/mol. The van der Waals surface area contributed by atoms with E-state index in [9.17, 15) is 14.1 Å². The van der Waals surface area contributed by atoms with Crippen LogP contribution in [-0.2, 0) is 30.4 Å². The third-order valence-corrected chi connectivity index (χ3v) is 16.9. The number of aromatic nitrogens is 4. The number of hydrogen-bond donors (Lipinski definition) is 3. The molecule has 4 fully saturated rings. The van der Waals surface area contributed by atoms with Crippen LogP contribution in [0.1, 0.15) is 107 Å². The number of rotatable bonds is 12. The summed E-state index contributed by atoms with van der Waals surface area (Å²) in [6.07, 6.45) is 16.3. The zero-order valence-corrected chi connectivity index (χ0v) is 32.7. The van der Waals surface area contributed by atoms with E-state index in [0.717, 1.165) is 85.7 Å². The number of hydrogen-bond acceptors (Lipinski definition) is 9. The molecule has 3 aromatic heterocycles. The zero-order chi connectivity index (χ0) is 37.1. The van der Waals surface area contributed by atoms with Gasteiger partial charge < -0.3 is 24.5 Å². The van der Waals surface area contributed by atoms with Crippen LogP contribution in [0.25, 0.3) is 22.4 Å². The smallest absolute Gasteiger partial charge is 0.162 e. The summed E-state index contributed by atoms with van der Waals surface area (Å²) in [5.41, 5.74) is 5.49. The number of aromatic hydroxyl groups is 1. The van der Waals surface area contributed by atoms with E-state index in [1.54, 1.807) is 6.20 Å². The molecule has 3 saturated carbocycles. The molecule has 1 aromatic carbocycles. The van der Waals surface area contributed by atoms with Crippen molar-refractivity contribution < 1.29 is 18.8 Å². The molecule has 0 bridgehead atoms. The number of nitrogens with one attached hydrogen (secondary N) is 2. The summed E-state index contributed by atoms with van der Waals surface area (Å²) in [5, 5.41) is 11.0. The fraction of sp³-hybridized carbons (Fsp3) is 0.605. The van der Waals surface area contributed by atoms with Gasteiger partial charge in [0.2, 0.25) is 0 Å². The van der Waals surface area contributed by atoms with E-state index in [1.165, 1.54) is 36.8 Å². The number of morpholine rings is 1. The van der Waals surface area contributed by atoms with E-state index in [0.29, 0.717) is 61.3 Å². The molecule has 7 atom stereocenters. The molecule has 9 rings (SSSR count). The van der Waals surface area contributed by atoms with Crippen LogP contribution in [0.5, 0.6) is 5.75 Å². The van der Waals surface area contributed by atoms with Crippen LogP contribution in [0.3, 0.4) is 0 Å². The average Bonchev–Trinajstić information content (AvgIpc) is 3.75. The number of aromatic amines is 1. The largest absolute Gasteiger partial charge is 0.508 e. The van der Waals surface area contributed by atoms with Crippen molar-refractivity contribution in [3.8, 4) is 17.1 Å². The number of fused-ring (bicyclic) bond motifs is 6. The Bertz CT molecular complexity index is 2120. The highest BCUT2D eigenvalue weighted by molar-refractivity contribution is 7.93. The van der Waals surface area contributed by atoms with Crippen LogP contribution >= 0.6 is 0 Å². The number of unbranched alkanes of at least 4 members (excludes halogenated alkanes) is 3. The number of pyridine rings is 1. The van der Waals surface area contributed by atoms with E-state index < -0.39 is 14.5 Å². The standard InChI is InChI=1S/C43H56N6O4S/c1-28-27-52-23-21-49(28)39-26-37(47-41(48-39)35-15-20-46-40-34(35)14-19-45-40)43(17-18-43)54(44,51)24-6-4-3-5-22-53-38-12-11-36-33-9-7-29-25-30(50)8-10-31(29)32(33)13-16-42(36,38)2/h8,10,14-15,19-20,25-26,28,32-33,36,38,44,50H,3-7,9,11-13,16-18,21-24,27H2,1-2H3,(H,45,46)/t28-,32-,33-,36+,38+,42+,54?/m1/s1. The number of benzene rings is 1. The summed E-state index contributed by atoms with van der Waals surface area (Å²) in [7, 11) is -2.95. The number of aryl methyl sites for hydroxylation is 1. The number of anilines is 1. The van der Waals surface area contributed by atoms with Crippen molar-refractivity contribution in [3.63, 3.8) is 0 Å². The fourth-order valence-electron chi connectivity index (χ4n) is 11.0. The van der Waals surface area contributed by atoms with Gasteiger partial charge in [-0.15, -0.1) is 0 Å². The van der Waals surface area contributed by atoms with Crippen LogP contribution < -0.4 is 4.90 Å². The van der Waals surface area contributed by atoms with Gasteiger partial charge in [-0.2, -0.15) is 0 Å². The Kier molecular flexibility index (Phi) is 9.49. The minimum absolute atomic E-state index is 0.151. The Morgan fingerprint density at radius 2 is 1.93 bits per heavy atom. The van der Waals surface area contributed by atoms with Crippen molar-refractivity contribution in [1.29, 1.82) is 4.78 Å².